The Kier molecular flexibility index (Phi) is 73700. The fourth-order valence-electron chi connectivity index (χ4n) is 0. The summed E-state index contributed by atoms with van der Waals surface area (Å²) < 4.78 is 0. The third kappa shape index (κ3) is 398. The van der Waals surface area contributed by atoms with Crippen molar-refractivity contribution in [2.45, 2.75) is 0 Å². The van der Waals surface area contributed by atoms with Crippen LogP contribution in [0.4, 0.5) is 0 Å². The molecular formula is AlF6Ga. The maximum Gasteiger partial charge on any atom is 3.00 e. The van der Waals surface area contributed by atoms with Gasteiger partial charge in [0.05, 0.1) is 0 Å². The van der Waals surface area contributed by atoms with E-state index in [1.165, 1.54) is 0 Å². The maximum absolute atomic E-state index is 0. The molecule has 0 aromatic carbocycles. The molecule has 0 atom stereocenters. The topological polar surface area (TPSA) is 0 Å². The molecule has 8 heavy (non-hydrogen) atoms. The summed E-state index contributed by atoms with van der Waals surface area (Å²) in [5, 5.41) is 0. The van der Waals surface area contributed by atoms with E-state index >= 15 is 0 Å². The van der Waals surface area contributed by atoms with Gasteiger partial charge in [-0.25, -0.2) is 0 Å². The summed E-state index contributed by atoms with van der Waals surface area (Å²) in [7, 11) is 0. The van der Waals surface area contributed by atoms with E-state index in [1.807, 2.05) is 0 Å². The first-order valence-electron chi connectivity index (χ1n) is 0. The van der Waals surface area contributed by atoms with Gasteiger partial charge in [0.15, 0.2) is 0 Å². The molecule has 0 heterocycles. The van der Waals surface area contributed by atoms with Crippen molar-refractivity contribution in [1.29, 1.82) is 0 Å². The Bertz CT molecular complexity index is 8.49. The van der Waals surface area contributed by atoms with Gasteiger partial charge < -0.3 is 28.2 Å². The first-order valence-corrected chi connectivity index (χ1v) is 0. The zero-order valence-electron chi connectivity index (χ0n) is 3.42. The van der Waals surface area contributed by atoms with Crippen LogP contribution in [0.1, 0.15) is 0 Å². The first kappa shape index (κ1) is 937. The van der Waals surface area contributed by atoms with E-state index in [0.717, 1.165) is 0 Å². The summed E-state index contributed by atoms with van der Waals surface area (Å²) in [6.07, 6.45) is 0. The molecule has 0 radical (unpaired) electrons. The van der Waals surface area contributed by atoms with Gasteiger partial charge in [-0.3, -0.25) is 0 Å². The average molecular weight is 211 g/mol. The molecule has 0 saturated carbocycles. The normalized spacial score (nSPS) is 0. The molecule has 0 unspecified atom stereocenters. The Morgan fingerprint density at radius 1 is 0.375 bits per heavy atom. The minimum Gasteiger partial charge on any atom is -1.00 e. The van der Waals surface area contributed by atoms with Crippen molar-refractivity contribution in [2.75, 3.05) is 0 Å². The maximum atomic E-state index is 0. The molecule has 0 fully saturated rings. The fraction of sp³-hybridized carbons (Fsp3) is 0. The third-order valence-electron chi connectivity index (χ3n) is 0. The van der Waals surface area contributed by atoms with Crippen LogP contribution < -0.4 is 28.2 Å². The summed E-state index contributed by atoms with van der Waals surface area (Å²) in [6.45, 7) is 0. The van der Waals surface area contributed by atoms with Crippen LogP contribution in [0.2, 0.25) is 0 Å². The SMILES string of the molecule is [Al+3].[F-].[F-].[F-].[F-].[F-].[F-].[Ga+3]. The van der Waals surface area contributed by atoms with Crippen molar-refractivity contribution in [3.05, 3.63) is 0 Å². The minimum absolute atomic E-state index is 0. The second-order valence-electron chi connectivity index (χ2n) is 0. The fourth-order valence-corrected chi connectivity index (χ4v) is 0. The van der Waals surface area contributed by atoms with Gasteiger partial charge in [0.25, 0.3) is 0 Å². The van der Waals surface area contributed by atoms with Gasteiger partial charge in [-0.2, -0.15) is 0 Å². The van der Waals surface area contributed by atoms with E-state index in [1.54, 1.807) is 0 Å². The van der Waals surface area contributed by atoms with Crippen molar-refractivity contribution < 1.29 is 28.2 Å². The van der Waals surface area contributed by atoms with E-state index in [-0.39, 0.29) is 65.4 Å². The van der Waals surface area contributed by atoms with Gasteiger partial charge >= 0.3 is 37.2 Å². The molecule has 0 rings (SSSR count). The Balaban J connectivity index is 0. The molecule has 0 nitrogen and oxygen atoms in total. The molecule has 0 amide bonds. The zero-order valence-corrected chi connectivity index (χ0v) is 7.00. The van der Waals surface area contributed by atoms with Crippen LogP contribution in [0, 0.1) is 0 Å². The van der Waals surface area contributed by atoms with Crippen LogP contribution >= 0.6 is 0 Å². The van der Waals surface area contributed by atoms with Crippen LogP contribution in [0.3, 0.4) is 0 Å². The van der Waals surface area contributed by atoms with Gasteiger partial charge in [0, 0.05) is 0 Å². The minimum atomic E-state index is 0. The van der Waals surface area contributed by atoms with E-state index in [0.29, 0.717) is 0 Å². The van der Waals surface area contributed by atoms with E-state index in [2.05, 4.69) is 0 Å². The Morgan fingerprint density at radius 2 is 0.375 bits per heavy atom. The van der Waals surface area contributed by atoms with Crippen LogP contribution in [-0.2, 0) is 0 Å². The second kappa shape index (κ2) is 629. The van der Waals surface area contributed by atoms with Gasteiger partial charge in [0.1, 0.15) is 0 Å². The summed E-state index contributed by atoms with van der Waals surface area (Å²) in [6, 6.07) is 0. The van der Waals surface area contributed by atoms with Gasteiger partial charge in [0.2, 0.25) is 0 Å². The molecule has 48 valence electrons. The molecule has 8 heteroatoms. The Morgan fingerprint density at radius 3 is 0.375 bits per heavy atom. The van der Waals surface area contributed by atoms with Crippen LogP contribution in [0.25, 0.3) is 0 Å². The zero-order chi connectivity index (χ0) is 0. The standard InChI is InChI=1S/Al.6FH.Ga/h;6*1H;/q+3;;;;;;;+3/p-6. The summed E-state index contributed by atoms with van der Waals surface area (Å²) >= 11 is 0. The Labute approximate surface area is 65.8 Å². The van der Waals surface area contributed by atoms with Crippen LogP contribution in [0.5, 0.6) is 0 Å². The molecule has 0 aliphatic carbocycles. The predicted molar refractivity (Wildman–Crippen MR) is 11.5 cm³/mol. The van der Waals surface area contributed by atoms with Crippen molar-refractivity contribution in [2.24, 2.45) is 0 Å². The van der Waals surface area contributed by atoms with E-state index < -0.39 is 0 Å². The van der Waals surface area contributed by atoms with Crippen LogP contribution in [0.15, 0.2) is 0 Å². The van der Waals surface area contributed by atoms with E-state index in [4.69, 9.17) is 0 Å². The van der Waals surface area contributed by atoms with Gasteiger partial charge in [-0.15, -0.1) is 0 Å². The van der Waals surface area contributed by atoms with Crippen molar-refractivity contribution in [1.82, 2.24) is 0 Å². The molecular weight excluding hydrogens is 211 g/mol. The number of halogens is 6. The van der Waals surface area contributed by atoms with Gasteiger partial charge in [-0.05, 0) is 0 Å². The average Bonchev–Trinajstić information content (AvgIpc) is 0. The molecule has 0 aliphatic heterocycles. The quantitative estimate of drug-likeness (QED) is 0.275. The van der Waals surface area contributed by atoms with Gasteiger partial charge in [-0.1, -0.05) is 0 Å². The number of hydrogen-bond donors (Lipinski definition) is 0. The first-order chi connectivity index (χ1) is 0. The van der Waals surface area contributed by atoms with Crippen molar-refractivity contribution >= 4 is 37.2 Å². The largest absolute Gasteiger partial charge is 3.00 e. The van der Waals surface area contributed by atoms with Crippen molar-refractivity contribution in [3.8, 4) is 0 Å². The Hall–Kier alpha value is 0.749. The summed E-state index contributed by atoms with van der Waals surface area (Å²) in [5.74, 6) is 0. The van der Waals surface area contributed by atoms with Crippen LogP contribution in [-0.4, -0.2) is 37.2 Å². The molecule has 0 aliphatic rings. The van der Waals surface area contributed by atoms with E-state index in [9.17, 15) is 0 Å². The van der Waals surface area contributed by atoms with Crippen molar-refractivity contribution in [3.63, 3.8) is 0 Å². The molecule has 0 aromatic rings. The third-order valence-corrected chi connectivity index (χ3v) is 0. The monoisotopic (exact) mass is 210 g/mol. The smallest absolute Gasteiger partial charge is 1.00 e. The molecule has 0 aromatic heterocycles. The molecule has 0 bridgehead atoms. The molecule has 0 N–H and O–H groups in total. The molecule has 0 saturated heterocycles. The number of rotatable bonds is 0. The number of hydrogen-bond acceptors (Lipinski definition) is 0. The second-order valence-corrected chi connectivity index (χ2v) is 0. The summed E-state index contributed by atoms with van der Waals surface area (Å²) in [5.41, 5.74) is 0. The summed E-state index contributed by atoms with van der Waals surface area (Å²) in [4.78, 5) is 0. The predicted octanol–water partition coefficient (Wildman–Crippen LogP) is -18.7. The molecule has 0 spiro atoms.